The molecule has 110 valence electrons. The summed E-state index contributed by atoms with van der Waals surface area (Å²) in [5, 5.41) is 4.31. The molecule has 6 heteroatoms. The number of nitrogens with zero attached hydrogens (tertiary/aromatic N) is 1. The first kappa shape index (κ1) is 15.4. The van der Waals surface area contributed by atoms with Crippen LogP contribution in [0.4, 0.5) is 0 Å². The molecule has 0 spiro atoms. The number of hydrogen-bond acceptors (Lipinski definition) is 3. The van der Waals surface area contributed by atoms with Crippen LogP contribution in [0.5, 0.6) is 5.75 Å². The van der Waals surface area contributed by atoms with Crippen LogP contribution in [0.15, 0.2) is 18.2 Å². The second kappa shape index (κ2) is 6.66. The molecule has 1 N–H and O–H groups in total. The van der Waals surface area contributed by atoms with Crippen LogP contribution in [0.1, 0.15) is 13.8 Å². The molecule has 1 amide bonds. The minimum atomic E-state index is -0.0399. The van der Waals surface area contributed by atoms with E-state index < -0.39 is 0 Å². The second-order valence-corrected chi connectivity index (χ2v) is 5.78. The van der Waals surface area contributed by atoms with Gasteiger partial charge in [0.25, 0.3) is 5.91 Å². The lowest BCUT2D eigenvalue weighted by Crippen LogP contribution is -2.58. The number of hydrogen-bond donors (Lipinski definition) is 1. The lowest BCUT2D eigenvalue weighted by atomic mass is 10.1. The first-order valence-electron chi connectivity index (χ1n) is 6.59. The summed E-state index contributed by atoms with van der Waals surface area (Å²) in [5.74, 6) is 0.394. The minimum absolute atomic E-state index is 0.0306. The van der Waals surface area contributed by atoms with Crippen LogP contribution in [0, 0.1) is 0 Å². The van der Waals surface area contributed by atoms with E-state index in [-0.39, 0.29) is 24.6 Å². The third kappa shape index (κ3) is 3.57. The van der Waals surface area contributed by atoms with Crippen LogP contribution >= 0.6 is 23.2 Å². The third-order valence-electron chi connectivity index (χ3n) is 3.60. The molecule has 2 unspecified atom stereocenters. The number of ether oxygens (including phenoxy) is 1. The highest BCUT2D eigenvalue weighted by Crippen LogP contribution is 2.27. The molecule has 1 aliphatic rings. The summed E-state index contributed by atoms with van der Waals surface area (Å²) in [5.41, 5.74) is 0. The van der Waals surface area contributed by atoms with E-state index in [1.165, 1.54) is 0 Å². The van der Waals surface area contributed by atoms with Gasteiger partial charge in [0.15, 0.2) is 6.61 Å². The Morgan fingerprint density at radius 1 is 1.45 bits per heavy atom. The molecule has 1 fully saturated rings. The normalized spacial score (nSPS) is 22.7. The zero-order valence-electron chi connectivity index (χ0n) is 11.5. The van der Waals surface area contributed by atoms with Crippen molar-refractivity contribution >= 4 is 29.1 Å². The van der Waals surface area contributed by atoms with E-state index in [9.17, 15) is 4.79 Å². The molecule has 0 saturated carbocycles. The third-order valence-corrected chi connectivity index (χ3v) is 4.15. The summed E-state index contributed by atoms with van der Waals surface area (Å²) in [6.45, 7) is 5.56. The molecule has 2 rings (SSSR count). The van der Waals surface area contributed by atoms with Gasteiger partial charge in [-0.05, 0) is 26.0 Å². The van der Waals surface area contributed by atoms with Gasteiger partial charge < -0.3 is 15.0 Å². The number of benzene rings is 1. The van der Waals surface area contributed by atoms with Crippen LogP contribution in [0.25, 0.3) is 0 Å². The molecule has 0 aromatic heterocycles. The van der Waals surface area contributed by atoms with Crippen molar-refractivity contribution in [3.8, 4) is 5.75 Å². The van der Waals surface area contributed by atoms with E-state index in [0.29, 0.717) is 22.3 Å². The number of amides is 1. The van der Waals surface area contributed by atoms with Crippen molar-refractivity contribution in [2.24, 2.45) is 0 Å². The number of nitrogens with one attached hydrogen (secondary N) is 1. The topological polar surface area (TPSA) is 41.6 Å². The average molecular weight is 317 g/mol. The van der Waals surface area contributed by atoms with Crippen molar-refractivity contribution in [1.82, 2.24) is 10.2 Å². The monoisotopic (exact) mass is 316 g/mol. The molecule has 1 aromatic carbocycles. The van der Waals surface area contributed by atoms with E-state index in [1.807, 2.05) is 11.8 Å². The predicted molar refractivity (Wildman–Crippen MR) is 80.6 cm³/mol. The highest BCUT2D eigenvalue weighted by Gasteiger charge is 2.28. The molecule has 0 radical (unpaired) electrons. The van der Waals surface area contributed by atoms with Gasteiger partial charge in [0.05, 0.1) is 5.02 Å². The Balaban J connectivity index is 1.96. The Kier molecular flexibility index (Phi) is 5.13. The van der Waals surface area contributed by atoms with Gasteiger partial charge in [0, 0.05) is 36.3 Å². The van der Waals surface area contributed by atoms with Crippen molar-refractivity contribution in [2.45, 2.75) is 25.9 Å². The highest BCUT2D eigenvalue weighted by molar-refractivity contribution is 6.34. The van der Waals surface area contributed by atoms with Gasteiger partial charge in [-0.15, -0.1) is 0 Å². The molecule has 0 aliphatic carbocycles. The summed E-state index contributed by atoms with van der Waals surface area (Å²) in [6.07, 6.45) is 0. The standard InChI is InChI=1S/C14H18Cl2N2O2/c1-9-10(2)18(6-5-17-9)14(19)8-20-13-7-11(15)3-4-12(13)16/h3-4,7,9-10,17H,5-6,8H2,1-2H3. The van der Waals surface area contributed by atoms with Crippen LogP contribution < -0.4 is 10.1 Å². The van der Waals surface area contributed by atoms with Gasteiger partial charge in [-0.25, -0.2) is 0 Å². The molecular formula is C14H18Cl2N2O2. The highest BCUT2D eigenvalue weighted by atomic mass is 35.5. The van der Waals surface area contributed by atoms with Gasteiger partial charge in [-0.2, -0.15) is 0 Å². The zero-order valence-corrected chi connectivity index (χ0v) is 13.0. The SMILES string of the molecule is CC1NCCN(C(=O)COc2cc(Cl)ccc2Cl)C1C. The summed E-state index contributed by atoms with van der Waals surface area (Å²) >= 11 is 11.9. The van der Waals surface area contributed by atoms with E-state index in [0.717, 1.165) is 6.54 Å². The maximum Gasteiger partial charge on any atom is 0.260 e. The Morgan fingerprint density at radius 3 is 2.95 bits per heavy atom. The molecular weight excluding hydrogens is 299 g/mol. The molecule has 2 atom stereocenters. The van der Waals surface area contributed by atoms with Gasteiger partial charge >= 0.3 is 0 Å². The van der Waals surface area contributed by atoms with E-state index >= 15 is 0 Å². The summed E-state index contributed by atoms with van der Waals surface area (Å²) in [6, 6.07) is 5.37. The number of rotatable bonds is 3. The van der Waals surface area contributed by atoms with E-state index in [1.54, 1.807) is 18.2 Å². The largest absolute Gasteiger partial charge is 0.482 e. The lowest BCUT2D eigenvalue weighted by molar-refractivity contribution is -0.137. The van der Waals surface area contributed by atoms with Gasteiger partial charge in [-0.1, -0.05) is 23.2 Å². The molecule has 0 bridgehead atoms. The van der Waals surface area contributed by atoms with Crippen molar-refractivity contribution in [1.29, 1.82) is 0 Å². The fourth-order valence-corrected chi connectivity index (χ4v) is 2.55. The average Bonchev–Trinajstić information content (AvgIpc) is 2.42. The Labute approximate surface area is 129 Å². The molecule has 1 aliphatic heterocycles. The van der Waals surface area contributed by atoms with Gasteiger partial charge in [0.1, 0.15) is 5.75 Å². The maximum absolute atomic E-state index is 12.2. The fourth-order valence-electron chi connectivity index (χ4n) is 2.22. The predicted octanol–water partition coefficient (Wildman–Crippen LogP) is 2.58. The number of carbonyl (C=O) groups is 1. The molecule has 1 aromatic rings. The molecule has 20 heavy (non-hydrogen) atoms. The second-order valence-electron chi connectivity index (χ2n) is 4.93. The van der Waals surface area contributed by atoms with Gasteiger partial charge in [-0.3, -0.25) is 4.79 Å². The van der Waals surface area contributed by atoms with Gasteiger partial charge in [0.2, 0.25) is 0 Å². The van der Waals surface area contributed by atoms with Crippen molar-refractivity contribution in [2.75, 3.05) is 19.7 Å². The Hall–Kier alpha value is -0.970. The first-order chi connectivity index (χ1) is 9.49. The minimum Gasteiger partial charge on any atom is -0.482 e. The smallest absolute Gasteiger partial charge is 0.260 e. The van der Waals surface area contributed by atoms with Crippen LogP contribution in [-0.2, 0) is 4.79 Å². The van der Waals surface area contributed by atoms with Crippen LogP contribution in [-0.4, -0.2) is 42.6 Å². The van der Waals surface area contributed by atoms with Crippen LogP contribution in [0.3, 0.4) is 0 Å². The maximum atomic E-state index is 12.2. The molecule has 4 nitrogen and oxygen atoms in total. The summed E-state index contributed by atoms with van der Waals surface area (Å²) in [7, 11) is 0. The van der Waals surface area contributed by atoms with Crippen molar-refractivity contribution < 1.29 is 9.53 Å². The summed E-state index contributed by atoms with van der Waals surface area (Å²) in [4.78, 5) is 14.1. The van der Waals surface area contributed by atoms with E-state index in [2.05, 4.69) is 12.2 Å². The van der Waals surface area contributed by atoms with Crippen molar-refractivity contribution in [3.63, 3.8) is 0 Å². The number of halogens is 2. The van der Waals surface area contributed by atoms with E-state index in [4.69, 9.17) is 27.9 Å². The van der Waals surface area contributed by atoms with Crippen LogP contribution in [0.2, 0.25) is 10.0 Å². The lowest BCUT2D eigenvalue weighted by Gasteiger charge is -2.38. The molecule has 1 saturated heterocycles. The zero-order chi connectivity index (χ0) is 14.7. The number of carbonyl (C=O) groups excluding carboxylic acids is 1. The fraction of sp³-hybridized carbons (Fsp3) is 0.500. The Morgan fingerprint density at radius 2 is 2.20 bits per heavy atom. The quantitative estimate of drug-likeness (QED) is 0.932. The Bertz CT molecular complexity index is 496. The van der Waals surface area contributed by atoms with Crippen molar-refractivity contribution in [3.05, 3.63) is 28.2 Å². The first-order valence-corrected chi connectivity index (χ1v) is 7.35. The molecule has 1 heterocycles. The summed E-state index contributed by atoms with van der Waals surface area (Å²) < 4.78 is 5.49. The number of piperazine rings is 1.